The Bertz CT molecular complexity index is 468. The lowest BCUT2D eigenvalue weighted by Crippen LogP contribution is -2.14. The van der Waals surface area contributed by atoms with Crippen LogP contribution in [0.15, 0.2) is 18.2 Å². The fourth-order valence-corrected chi connectivity index (χ4v) is 1.25. The van der Waals surface area contributed by atoms with Gasteiger partial charge in [0.15, 0.2) is 0 Å². The van der Waals surface area contributed by atoms with E-state index in [1.807, 2.05) is 0 Å². The van der Waals surface area contributed by atoms with E-state index in [4.69, 9.17) is 5.11 Å². The molecule has 0 atom stereocenters. The molecule has 0 saturated carbocycles. The van der Waals surface area contributed by atoms with Crippen molar-refractivity contribution < 1.29 is 27.9 Å². The number of amides is 1. The number of anilines is 1. The number of rotatable bonds is 2. The van der Waals surface area contributed by atoms with Crippen molar-refractivity contribution in [1.82, 2.24) is 0 Å². The maximum atomic E-state index is 12.5. The van der Waals surface area contributed by atoms with Crippen LogP contribution in [0.4, 0.5) is 18.9 Å². The number of alkyl halides is 3. The molecule has 17 heavy (non-hydrogen) atoms. The summed E-state index contributed by atoms with van der Waals surface area (Å²) in [6, 6.07) is 2.39. The molecule has 0 aliphatic rings. The van der Waals surface area contributed by atoms with Gasteiger partial charge in [0.25, 0.3) is 0 Å². The van der Waals surface area contributed by atoms with Crippen molar-refractivity contribution >= 4 is 17.6 Å². The van der Waals surface area contributed by atoms with Crippen LogP contribution >= 0.6 is 0 Å². The van der Waals surface area contributed by atoms with Crippen LogP contribution in [0.25, 0.3) is 0 Å². The molecule has 1 aromatic carbocycles. The van der Waals surface area contributed by atoms with Gasteiger partial charge in [-0.05, 0) is 18.2 Å². The molecular weight excluding hydrogens is 239 g/mol. The molecule has 0 fully saturated rings. The summed E-state index contributed by atoms with van der Waals surface area (Å²) in [5, 5.41) is 10.9. The predicted octanol–water partition coefficient (Wildman–Crippen LogP) is 2.36. The zero-order valence-corrected chi connectivity index (χ0v) is 8.63. The van der Waals surface area contributed by atoms with Gasteiger partial charge >= 0.3 is 12.1 Å². The molecule has 7 heteroatoms. The number of aromatic carboxylic acids is 1. The third-order valence-corrected chi connectivity index (χ3v) is 1.88. The van der Waals surface area contributed by atoms with Gasteiger partial charge in [0, 0.05) is 12.6 Å². The smallest absolute Gasteiger partial charge is 0.417 e. The Morgan fingerprint density at radius 3 is 2.29 bits per heavy atom. The summed E-state index contributed by atoms with van der Waals surface area (Å²) in [6.07, 6.45) is -4.75. The second-order valence-electron chi connectivity index (χ2n) is 3.24. The largest absolute Gasteiger partial charge is 0.478 e. The van der Waals surface area contributed by atoms with Gasteiger partial charge in [-0.15, -0.1) is 0 Å². The van der Waals surface area contributed by atoms with Gasteiger partial charge in [0.05, 0.1) is 11.1 Å². The summed E-state index contributed by atoms with van der Waals surface area (Å²) in [7, 11) is 0. The Balaban J connectivity index is 3.27. The molecule has 0 radical (unpaired) electrons. The number of nitrogens with one attached hydrogen (secondary N) is 1. The summed E-state index contributed by atoms with van der Waals surface area (Å²) in [4.78, 5) is 21.4. The first-order valence-corrected chi connectivity index (χ1v) is 4.44. The van der Waals surface area contributed by atoms with E-state index in [-0.39, 0.29) is 5.69 Å². The molecule has 0 spiro atoms. The van der Waals surface area contributed by atoms with E-state index in [1.165, 1.54) is 0 Å². The van der Waals surface area contributed by atoms with E-state index < -0.39 is 29.2 Å². The molecule has 0 aliphatic carbocycles. The second kappa shape index (κ2) is 4.44. The van der Waals surface area contributed by atoms with Crippen molar-refractivity contribution in [3.05, 3.63) is 29.3 Å². The van der Waals surface area contributed by atoms with Crippen molar-refractivity contribution in [2.45, 2.75) is 13.1 Å². The highest BCUT2D eigenvalue weighted by molar-refractivity contribution is 5.94. The molecule has 0 saturated heterocycles. The average molecular weight is 247 g/mol. The summed E-state index contributed by atoms with van der Waals surface area (Å²) < 4.78 is 37.4. The zero-order valence-electron chi connectivity index (χ0n) is 8.63. The standard InChI is InChI=1S/C10H8F3NO3/c1-5(15)14-6-2-3-8(10(11,12)13)7(4-6)9(16)17/h2-4H,1H3,(H,14,15)(H,16,17). The van der Waals surface area contributed by atoms with Crippen LogP contribution in [-0.2, 0) is 11.0 Å². The Hall–Kier alpha value is -2.05. The van der Waals surface area contributed by atoms with Crippen LogP contribution in [-0.4, -0.2) is 17.0 Å². The minimum Gasteiger partial charge on any atom is -0.478 e. The molecule has 0 bridgehead atoms. The molecule has 4 nitrogen and oxygen atoms in total. The average Bonchev–Trinajstić information content (AvgIpc) is 2.14. The van der Waals surface area contributed by atoms with Crippen LogP contribution in [0.5, 0.6) is 0 Å². The lowest BCUT2D eigenvalue weighted by molar-refractivity contribution is -0.138. The van der Waals surface area contributed by atoms with E-state index >= 15 is 0 Å². The third kappa shape index (κ3) is 3.20. The predicted molar refractivity (Wildman–Crippen MR) is 52.7 cm³/mol. The van der Waals surface area contributed by atoms with Crippen molar-refractivity contribution in [3.8, 4) is 0 Å². The van der Waals surface area contributed by atoms with Crippen LogP contribution in [0, 0.1) is 0 Å². The van der Waals surface area contributed by atoms with Crippen LogP contribution in [0.3, 0.4) is 0 Å². The van der Waals surface area contributed by atoms with Crippen LogP contribution in [0.1, 0.15) is 22.8 Å². The summed E-state index contributed by atoms with van der Waals surface area (Å²) in [5.74, 6) is -2.20. The van der Waals surface area contributed by atoms with Gasteiger partial charge in [0.2, 0.25) is 5.91 Å². The first-order chi connectivity index (χ1) is 7.71. The van der Waals surface area contributed by atoms with Crippen molar-refractivity contribution in [2.24, 2.45) is 0 Å². The molecule has 1 rings (SSSR count). The first kappa shape index (κ1) is 13.0. The van der Waals surface area contributed by atoms with Gasteiger partial charge in [-0.1, -0.05) is 0 Å². The molecule has 2 N–H and O–H groups in total. The molecule has 0 heterocycles. The molecular formula is C10H8F3NO3. The maximum absolute atomic E-state index is 12.5. The summed E-state index contributed by atoms with van der Waals surface area (Å²) in [6.45, 7) is 1.16. The topological polar surface area (TPSA) is 66.4 Å². The van der Waals surface area contributed by atoms with E-state index in [1.54, 1.807) is 0 Å². The molecule has 1 amide bonds. The van der Waals surface area contributed by atoms with Crippen molar-refractivity contribution in [3.63, 3.8) is 0 Å². The molecule has 92 valence electrons. The fraction of sp³-hybridized carbons (Fsp3) is 0.200. The minimum atomic E-state index is -4.75. The highest BCUT2D eigenvalue weighted by Crippen LogP contribution is 2.33. The van der Waals surface area contributed by atoms with Gasteiger partial charge < -0.3 is 10.4 Å². The summed E-state index contributed by atoms with van der Waals surface area (Å²) >= 11 is 0. The van der Waals surface area contributed by atoms with Gasteiger partial charge in [-0.3, -0.25) is 4.79 Å². The SMILES string of the molecule is CC(=O)Nc1ccc(C(F)(F)F)c(C(=O)O)c1. The Morgan fingerprint density at radius 2 is 1.88 bits per heavy atom. The second-order valence-corrected chi connectivity index (χ2v) is 3.24. The molecule has 0 unspecified atom stereocenters. The number of carboxylic acids is 1. The Labute approximate surface area is 94.1 Å². The number of halogens is 3. The normalized spacial score (nSPS) is 11.1. The van der Waals surface area contributed by atoms with E-state index in [0.717, 1.165) is 19.1 Å². The third-order valence-electron chi connectivity index (χ3n) is 1.88. The first-order valence-electron chi connectivity index (χ1n) is 4.44. The van der Waals surface area contributed by atoms with E-state index in [2.05, 4.69) is 5.32 Å². The molecule has 0 aromatic heterocycles. The maximum Gasteiger partial charge on any atom is 0.417 e. The van der Waals surface area contributed by atoms with Crippen LogP contribution in [0.2, 0.25) is 0 Å². The van der Waals surface area contributed by atoms with E-state index in [9.17, 15) is 22.8 Å². The van der Waals surface area contributed by atoms with E-state index in [0.29, 0.717) is 6.07 Å². The number of hydrogen-bond donors (Lipinski definition) is 2. The van der Waals surface area contributed by atoms with Crippen LogP contribution < -0.4 is 5.32 Å². The van der Waals surface area contributed by atoms with Gasteiger partial charge in [-0.25, -0.2) is 4.79 Å². The highest BCUT2D eigenvalue weighted by atomic mass is 19.4. The van der Waals surface area contributed by atoms with Crippen molar-refractivity contribution in [2.75, 3.05) is 5.32 Å². The lowest BCUT2D eigenvalue weighted by Gasteiger charge is -2.11. The number of benzene rings is 1. The monoisotopic (exact) mass is 247 g/mol. The zero-order chi connectivity index (χ0) is 13.2. The highest BCUT2D eigenvalue weighted by Gasteiger charge is 2.35. The summed E-state index contributed by atoms with van der Waals surface area (Å²) in [5.41, 5.74) is -2.15. The van der Waals surface area contributed by atoms with Crippen molar-refractivity contribution in [1.29, 1.82) is 0 Å². The molecule has 1 aromatic rings. The molecule has 0 aliphatic heterocycles. The Morgan fingerprint density at radius 1 is 1.29 bits per heavy atom. The Kier molecular flexibility index (Phi) is 3.40. The number of hydrogen-bond acceptors (Lipinski definition) is 2. The number of carboxylic acid groups (broad SMARTS) is 1. The number of carbonyl (C=O) groups is 2. The minimum absolute atomic E-state index is 0.00269. The number of carbonyl (C=O) groups excluding carboxylic acids is 1. The fourth-order valence-electron chi connectivity index (χ4n) is 1.25. The van der Waals surface area contributed by atoms with Gasteiger partial charge in [0.1, 0.15) is 0 Å². The van der Waals surface area contributed by atoms with Gasteiger partial charge in [-0.2, -0.15) is 13.2 Å². The lowest BCUT2D eigenvalue weighted by atomic mass is 10.1. The quantitative estimate of drug-likeness (QED) is 0.843.